The summed E-state index contributed by atoms with van der Waals surface area (Å²) in [6.07, 6.45) is -0.958. The van der Waals surface area contributed by atoms with Gasteiger partial charge < -0.3 is 5.11 Å². The molecule has 0 heterocycles. The van der Waals surface area contributed by atoms with Crippen molar-refractivity contribution in [3.63, 3.8) is 0 Å². The summed E-state index contributed by atoms with van der Waals surface area (Å²) in [5.41, 5.74) is 0.396. The third kappa shape index (κ3) is 2.31. The van der Waals surface area contributed by atoms with Gasteiger partial charge >= 0.3 is 0 Å². The molecule has 0 aromatic heterocycles. The Morgan fingerprint density at radius 3 is 2.86 bits per heavy atom. The minimum Gasteiger partial charge on any atom is -0.376 e. The molecule has 0 spiro atoms. The molecular formula is C10H9NO3. The summed E-state index contributed by atoms with van der Waals surface area (Å²) in [6.45, 7) is 1.60. The van der Waals surface area contributed by atoms with Gasteiger partial charge in [0.05, 0.1) is 4.92 Å². The molecule has 0 aliphatic carbocycles. The fraction of sp³-hybridized carbons (Fsp3) is 0.200. The van der Waals surface area contributed by atoms with Crippen LogP contribution in [0.1, 0.15) is 18.6 Å². The van der Waals surface area contributed by atoms with Crippen molar-refractivity contribution in [1.82, 2.24) is 0 Å². The van der Waals surface area contributed by atoms with Gasteiger partial charge in [-0.1, -0.05) is 18.1 Å². The van der Waals surface area contributed by atoms with Crippen molar-refractivity contribution in [1.29, 1.82) is 0 Å². The lowest BCUT2D eigenvalue weighted by atomic mass is 10.1. The maximum atomic E-state index is 10.4. The van der Waals surface area contributed by atoms with E-state index >= 15 is 0 Å². The molecule has 1 N–H and O–H groups in total. The number of rotatable bonds is 2. The molecule has 0 amide bonds. The van der Waals surface area contributed by atoms with Crippen molar-refractivity contribution >= 4 is 5.69 Å². The van der Waals surface area contributed by atoms with Crippen LogP contribution in [0.3, 0.4) is 0 Å². The Bertz CT molecular complexity index is 403. The van der Waals surface area contributed by atoms with E-state index in [1.807, 2.05) is 0 Å². The van der Waals surface area contributed by atoms with Crippen molar-refractivity contribution in [2.24, 2.45) is 0 Å². The van der Waals surface area contributed by atoms with Crippen LogP contribution in [0.5, 0.6) is 0 Å². The monoisotopic (exact) mass is 191 g/mol. The van der Waals surface area contributed by atoms with Gasteiger partial charge in [-0.3, -0.25) is 10.1 Å². The summed E-state index contributed by atoms with van der Waals surface area (Å²) >= 11 is 0. The van der Waals surface area contributed by atoms with Crippen LogP contribution < -0.4 is 0 Å². The number of nitro groups is 1. The molecule has 14 heavy (non-hydrogen) atoms. The zero-order chi connectivity index (χ0) is 10.6. The lowest BCUT2D eigenvalue weighted by molar-refractivity contribution is -0.385. The smallest absolute Gasteiger partial charge is 0.269 e. The van der Waals surface area contributed by atoms with Crippen LogP contribution in [0.4, 0.5) is 5.69 Å². The van der Waals surface area contributed by atoms with Crippen LogP contribution in [0, 0.1) is 22.0 Å². The summed E-state index contributed by atoms with van der Waals surface area (Å²) < 4.78 is 0. The van der Waals surface area contributed by atoms with E-state index in [2.05, 4.69) is 11.8 Å². The topological polar surface area (TPSA) is 63.4 Å². The third-order valence-corrected chi connectivity index (χ3v) is 1.68. The first-order chi connectivity index (χ1) is 6.65. The number of non-ortho nitro benzene ring substituents is 1. The molecule has 1 atom stereocenters. The summed E-state index contributed by atoms with van der Waals surface area (Å²) in [5, 5.41) is 19.9. The highest BCUT2D eigenvalue weighted by molar-refractivity contribution is 5.37. The Morgan fingerprint density at radius 1 is 1.57 bits per heavy atom. The van der Waals surface area contributed by atoms with Gasteiger partial charge in [-0.15, -0.1) is 5.92 Å². The van der Waals surface area contributed by atoms with E-state index < -0.39 is 11.0 Å². The summed E-state index contributed by atoms with van der Waals surface area (Å²) in [5.74, 6) is 5.06. The van der Waals surface area contributed by atoms with E-state index in [4.69, 9.17) is 0 Å². The van der Waals surface area contributed by atoms with Gasteiger partial charge in [0.25, 0.3) is 5.69 Å². The van der Waals surface area contributed by atoms with Crippen molar-refractivity contribution in [3.8, 4) is 11.8 Å². The Morgan fingerprint density at radius 2 is 2.29 bits per heavy atom. The van der Waals surface area contributed by atoms with Crippen LogP contribution in [0.2, 0.25) is 0 Å². The quantitative estimate of drug-likeness (QED) is 0.439. The maximum absolute atomic E-state index is 10.4. The standard InChI is InChI=1S/C10H9NO3/c1-2-4-10(12)8-5-3-6-9(7-8)11(13)14/h3,5-7,10,12H,1H3. The van der Waals surface area contributed by atoms with Crippen molar-refractivity contribution in [3.05, 3.63) is 39.9 Å². The normalized spacial score (nSPS) is 11.3. The van der Waals surface area contributed by atoms with E-state index in [0.717, 1.165) is 0 Å². The molecule has 0 saturated carbocycles. The maximum Gasteiger partial charge on any atom is 0.269 e. The average molecular weight is 191 g/mol. The molecule has 1 aromatic carbocycles. The minimum atomic E-state index is -0.958. The SMILES string of the molecule is CC#CC(O)c1cccc([N+](=O)[O-])c1. The van der Waals surface area contributed by atoms with E-state index in [1.54, 1.807) is 13.0 Å². The molecule has 4 nitrogen and oxygen atoms in total. The molecular weight excluding hydrogens is 182 g/mol. The van der Waals surface area contributed by atoms with Crippen LogP contribution in [-0.4, -0.2) is 10.0 Å². The lowest BCUT2D eigenvalue weighted by Crippen LogP contribution is -1.95. The fourth-order valence-corrected chi connectivity index (χ4v) is 1.03. The van der Waals surface area contributed by atoms with Crippen LogP contribution in [0.25, 0.3) is 0 Å². The molecule has 1 aromatic rings. The molecule has 72 valence electrons. The van der Waals surface area contributed by atoms with Crippen LogP contribution >= 0.6 is 0 Å². The largest absolute Gasteiger partial charge is 0.376 e. The highest BCUT2D eigenvalue weighted by Crippen LogP contribution is 2.18. The predicted molar refractivity (Wildman–Crippen MR) is 51.5 cm³/mol. The van der Waals surface area contributed by atoms with Gasteiger partial charge in [0.1, 0.15) is 6.10 Å². The van der Waals surface area contributed by atoms with E-state index in [0.29, 0.717) is 5.56 Å². The van der Waals surface area contributed by atoms with Crippen molar-refractivity contribution in [2.45, 2.75) is 13.0 Å². The summed E-state index contributed by atoms with van der Waals surface area (Å²) in [4.78, 5) is 9.92. The number of aliphatic hydroxyl groups is 1. The number of nitro benzene ring substituents is 1. The number of nitrogens with zero attached hydrogens (tertiary/aromatic N) is 1. The summed E-state index contributed by atoms with van der Waals surface area (Å²) in [6, 6.07) is 5.81. The average Bonchev–Trinajstić information content (AvgIpc) is 2.18. The molecule has 0 saturated heterocycles. The van der Waals surface area contributed by atoms with E-state index in [-0.39, 0.29) is 5.69 Å². The van der Waals surface area contributed by atoms with Gasteiger partial charge in [-0.25, -0.2) is 0 Å². The Balaban J connectivity index is 3.03. The Hall–Kier alpha value is -1.86. The lowest BCUT2D eigenvalue weighted by Gasteiger charge is -2.02. The van der Waals surface area contributed by atoms with Gasteiger partial charge in [0, 0.05) is 12.1 Å². The first-order valence-electron chi connectivity index (χ1n) is 4.00. The third-order valence-electron chi connectivity index (χ3n) is 1.68. The predicted octanol–water partition coefficient (Wildman–Crippen LogP) is 1.65. The molecule has 0 aliphatic heterocycles. The molecule has 0 fully saturated rings. The molecule has 4 heteroatoms. The zero-order valence-electron chi connectivity index (χ0n) is 7.60. The number of aliphatic hydroxyl groups excluding tert-OH is 1. The second-order valence-corrected chi connectivity index (χ2v) is 2.65. The Kier molecular flexibility index (Phi) is 3.21. The van der Waals surface area contributed by atoms with Crippen molar-refractivity contribution < 1.29 is 10.0 Å². The molecule has 0 aliphatic rings. The van der Waals surface area contributed by atoms with Crippen LogP contribution in [-0.2, 0) is 0 Å². The molecule has 0 radical (unpaired) electrons. The van der Waals surface area contributed by atoms with E-state index in [9.17, 15) is 15.2 Å². The highest BCUT2D eigenvalue weighted by atomic mass is 16.6. The molecule has 1 unspecified atom stereocenters. The fourth-order valence-electron chi connectivity index (χ4n) is 1.03. The Labute approximate surface area is 81.3 Å². The second kappa shape index (κ2) is 4.40. The zero-order valence-corrected chi connectivity index (χ0v) is 7.60. The number of hydrogen-bond acceptors (Lipinski definition) is 3. The van der Waals surface area contributed by atoms with Gasteiger partial charge in [-0.05, 0) is 12.5 Å². The molecule has 0 bridgehead atoms. The summed E-state index contributed by atoms with van der Waals surface area (Å²) in [7, 11) is 0. The number of hydrogen-bond donors (Lipinski definition) is 1. The number of benzene rings is 1. The minimum absolute atomic E-state index is 0.0422. The first-order valence-corrected chi connectivity index (χ1v) is 4.00. The van der Waals surface area contributed by atoms with Gasteiger partial charge in [-0.2, -0.15) is 0 Å². The van der Waals surface area contributed by atoms with Gasteiger partial charge in [0.2, 0.25) is 0 Å². The second-order valence-electron chi connectivity index (χ2n) is 2.65. The first kappa shape index (κ1) is 10.2. The molecule has 1 rings (SSSR count). The van der Waals surface area contributed by atoms with E-state index in [1.165, 1.54) is 18.2 Å². The van der Waals surface area contributed by atoms with Crippen molar-refractivity contribution in [2.75, 3.05) is 0 Å². The van der Waals surface area contributed by atoms with Gasteiger partial charge in [0.15, 0.2) is 0 Å². The highest BCUT2D eigenvalue weighted by Gasteiger charge is 2.09. The van der Waals surface area contributed by atoms with Crippen LogP contribution in [0.15, 0.2) is 24.3 Å².